The summed E-state index contributed by atoms with van der Waals surface area (Å²) in [6.45, 7) is 2.65. The van der Waals surface area contributed by atoms with Crippen molar-refractivity contribution < 1.29 is 14.4 Å². The highest BCUT2D eigenvalue weighted by molar-refractivity contribution is 5.99. The average molecular weight is 639 g/mol. The van der Waals surface area contributed by atoms with Gasteiger partial charge in [-0.25, -0.2) is 0 Å². The number of primary amides is 3. The summed E-state index contributed by atoms with van der Waals surface area (Å²) < 4.78 is 0. The third-order valence-corrected chi connectivity index (χ3v) is 9.81. The topological polar surface area (TPSA) is 139 Å². The van der Waals surface area contributed by atoms with Gasteiger partial charge in [-0.1, -0.05) is 12.1 Å². The van der Waals surface area contributed by atoms with Crippen LogP contribution in [0.4, 0.5) is 0 Å². The molecule has 3 aromatic rings. The molecule has 0 saturated heterocycles. The highest BCUT2D eigenvalue weighted by Crippen LogP contribution is 2.59. The van der Waals surface area contributed by atoms with Gasteiger partial charge < -0.3 is 31.9 Å². The number of nitrogens with two attached hydrogens (primary N) is 3. The Kier molecular flexibility index (Phi) is 10.2. The smallest absolute Gasteiger partial charge is 0.249 e. The zero-order valence-electron chi connectivity index (χ0n) is 28.8. The molecule has 0 saturated carbocycles. The van der Waals surface area contributed by atoms with E-state index in [0.29, 0.717) is 23.1 Å². The van der Waals surface area contributed by atoms with Gasteiger partial charge in [0.2, 0.25) is 17.7 Å². The summed E-state index contributed by atoms with van der Waals surface area (Å²) in [6.07, 6.45) is 4.88. The van der Waals surface area contributed by atoms with Gasteiger partial charge in [0.15, 0.2) is 0 Å². The van der Waals surface area contributed by atoms with E-state index >= 15 is 0 Å². The van der Waals surface area contributed by atoms with E-state index in [4.69, 9.17) is 17.2 Å². The Balaban J connectivity index is 1.88. The Morgan fingerprint density at radius 1 is 0.532 bits per heavy atom. The molecule has 0 fully saturated rings. The van der Waals surface area contributed by atoms with Crippen molar-refractivity contribution in [1.82, 2.24) is 14.7 Å². The zero-order chi connectivity index (χ0) is 34.2. The molecule has 250 valence electrons. The Hall–Kier alpha value is -4.05. The number of hydrogen-bond acceptors (Lipinski definition) is 6. The number of benzene rings is 3. The molecule has 6 rings (SSSR count). The van der Waals surface area contributed by atoms with E-state index in [2.05, 4.69) is 57.0 Å². The molecule has 0 aromatic heterocycles. The molecule has 6 N–H and O–H groups in total. The Bertz CT molecular complexity index is 1710. The van der Waals surface area contributed by atoms with Gasteiger partial charge in [0.25, 0.3) is 0 Å². The van der Waals surface area contributed by atoms with Crippen LogP contribution in [-0.4, -0.2) is 94.3 Å². The molecule has 0 radical (unpaired) electrons. The first-order chi connectivity index (χ1) is 22.3. The maximum atomic E-state index is 13.7. The van der Waals surface area contributed by atoms with Crippen LogP contribution in [0, 0.1) is 0 Å². The number of carbonyl (C=O) groups excluding carboxylic acids is 3. The fraction of sp³-hybridized carbons (Fsp3) is 0.447. The van der Waals surface area contributed by atoms with E-state index in [9.17, 15) is 14.4 Å². The van der Waals surface area contributed by atoms with Crippen LogP contribution < -0.4 is 17.2 Å². The minimum Gasteiger partial charge on any atom is -0.366 e. The van der Waals surface area contributed by atoms with Crippen molar-refractivity contribution in [3.63, 3.8) is 0 Å². The normalized spacial score (nSPS) is 16.0. The lowest BCUT2D eigenvalue weighted by molar-refractivity contribution is 0.0990. The van der Waals surface area contributed by atoms with Crippen LogP contribution in [0.2, 0.25) is 0 Å². The molecule has 9 heteroatoms. The van der Waals surface area contributed by atoms with Crippen molar-refractivity contribution in [2.45, 2.75) is 50.4 Å². The van der Waals surface area contributed by atoms with E-state index in [0.717, 1.165) is 90.7 Å². The van der Waals surface area contributed by atoms with Crippen molar-refractivity contribution in [1.29, 1.82) is 0 Å². The summed E-state index contributed by atoms with van der Waals surface area (Å²) in [6, 6.07) is 11.5. The second-order valence-corrected chi connectivity index (χ2v) is 14.0. The zero-order valence-corrected chi connectivity index (χ0v) is 28.8. The number of carbonyl (C=O) groups is 3. The van der Waals surface area contributed by atoms with Crippen molar-refractivity contribution in [2.75, 3.05) is 61.9 Å². The third kappa shape index (κ3) is 6.70. The van der Waals surface area contributed by atoms with Crippen LogP contribution in [0.1, 0.15) is 112 Å². The molecule has 3 aliphatic rings. The van der Waals surface area contributed by atoms with Crippen LogP contribution in [0.3, 0.4) is 0 Å². The molecule has 3 aromatic carbocycles. The monoisotopic (exact) mass is 638 g/mol. The van der Waals surface area contributed by atoms with Crippen LogP contribution in [0.15, 0.2) is 36.4 Å². The molecule has 3 amide bonds. The van der Waals surface area contributed by atoms with Crippen molar-refractivity contribution in [2.24, 2.45) is 17.2 Å². The number of nitrogens with zero attached hydrogens (tertiary/aromatic N) is 3. The highest BCUT2D eigenvalue weighted by atomic mass is 16.2. The van der Waals surface area contributed by atoms with E-state index in [-0.39, 0.29) is 11.8 Å². The lowest BCUT2D eigenvalue weighted by Crippen LogP contribution is -2.34. The average Bonchev–Trinajstić information content (AvgIpc) is 3.00. The summed E-state index contributed by atoms with van der Waals surface area (Å²) in [7, 11) is 12.4. The first-order valence-corrected chi connectivity index (χ1v) is 16.6. The highest BCUT2D eigenvalue weighted by Gasteiger charge is 2.46. The molecule has 9 nitrogen and oxygen atoms in total. The van der Waals surface area contributed by atoms with Crippen LogP contribution in [0.5, 0.6) is 0 Å². The summed E-state index contributed by atoms with van der Waals surface area (Å²) >= 11 is 0. The van der Waals surface area contributed by atoms with Gasteiger partial charge >= 0.3 is 0 Å². The van der Waals surface area contributed by atoms with Gasteiger partial charge in [0, 0.05) is 28.5 Å². The van der Waals surface area contributed by atoms with E-state index in [1.54, 1.807) is 12.1 Å². The van der Waals surface area contributed by atoms with Gasteiger partial charge in [-0.15, -0.1) is 0 Å². The summed E-state index contributed by atoms with van der Waals surface area (Å²) in [5.74, 6) is -1.79. The fourth-order valence-corrected chi connectivity index (χ4v) is 7.89. The third-order valence-electron chi connectivity index (χ3n) is 9.81. The van der Waals surface area contributed by atoms with E-state index in [1.165, 1.54) is 11.1 Å². The largest absolute Gasteiger partial charge is 0.366 e. The van der Waals surface area contributed by atoms with Crippen LogP contribution in [0.25, 0.3) is 0 Å². The maximum absolute atomic E-state index is 13.7. The predicted molar refractivity (Wildman–Crippen MR) is 187 cm³/mol. The minimum absolute atomic E-state index is 0.197. The van der Waals surface area contributed by atoms with Gasteiger partial charge in [0.05, 0.1) is 0 Å². The van der Waals surface area contributed by atoms with Crippen LogP contribution in [-0.2, 0) is 19.3 Å². The molecular formula is C38H50N6O3. The van der Waals surface area contributed by atoms with Gasteiger partial charge in [-0.3, -0.25) is 14.4 Å². The SMILES string of the molecule is CN(C)CCCc1c(CCCN(C)C)c2c(c(CCCN(C)C)c1C(N)=O)C1c3ccc(C(N)=O)cc3C2c2ccc(C(N)=O)cc21. The maximum Gasteiger partial charge on any atom is 0.249 e. The number of rotatable bonds is 15. The lowest BCUT2D eigenvalue weighted by Gasteiger charge is -2.46. The quantitative estimate of drug-likeness (QED) is 0.161. The van der Waals surface area contributed by atoms with Gasteiger partial charge in [-0.2, -0.15) is 0 Å². The van der Waals surface area contributed by atoms with E-state index < -0.39 is 17.7 Å². The second-order valence-electron chi connectivity index (χ2n) is 14.0. The molecule has 2 bridgehead atoms. The van der Waals surface area contributed by atoms with Crippen LogP contribution >= 0.6 is 0 Å². The van der Waals surface area contributed by atoms with Crippen molar-refractivity contribution in [3.05, 3.63) is 103 Å². The van der Waals surface area contributed by atoms with Gasteiger partial charge in [0.1, 0.15) is 0 Å². The number of amides is 3. The minimum atomic E-state index is -0.483. The molecular weight excluding hydrogens is 588 g/mol. The lowest BCUT2D eigenvalue weighted by atomic mass is 9.57. The Morgan fingerprint density at radius 3 is 1.30 bits per heavy atom. The molecule has 0 spiro atoms. The fourth-order valence-electron chi connectivity index (χ4n) is 7.89. The van der Waals surface area contributed by atoms with Crippen molar-refractivity contribution in [3.8, 4) is 0 Å². The predicted octanol–water partition coefficient (Wildman–Crippen LogP) is 3.45. The molecule has 3 aliphatic carbocycles. The molecule has 0 aliphatic heterocycles. The Labute approximate surface area is 279 Å². The molecule has 0 heterocycles. The molecule has 2 unspecified atom stereocenters. The summed E-state index contributed by atoms with van der Waals surface area (Å²) in [4.78, 5) is 45.1. The first kappa shape index (κ1) is 34.3. The summed E-state index contributed by atoms with van der Waals surface area (Å²) in [5.41, 5.74) is 29.4. The number of hydrogen-bond donors (Lipinski definition) is 3. The first-order valence-electron chi connectivity index (χ1n) is 16.6. The van der Waals surface area contributed by atoms with Crippen molar-refractivity contribution >= 4 is 17.7 Å². The standard InChI is InChI=1S/C38H50N6O3/c1-42(2)17-7-10-24-25(11-8-18-43(3)4)34-31-26-15-13-23(37(40)46)21-30(26)32(27-16-14-22(36(39)45)20-29(27)31)35(34)28(33(24)38(41)47)12-9-19-44(5)6/h13-16,20-21,31-32H,7-12,17-19H2,1-6H3,(H2,39,45)(H2,40,46)(H2,41,47). The Morgan fingerprint density at radius 2 is 0.915 bits per heavy atom. The van der Waals surface area contributed by atoms with Gasteiger partial charge in [-0.05, 0) is 175 Å². The molecule has 2 atom stereocenters. The second kappa shape index (κ2) is 14.0. The molecule has 47 heavy (non-hydrogen) atoms. The van der Waals surface area contributed by atoms with E-state index in [1.807, 2.05) is 24.3 Å². The summed E-state index contributed by atoms with van der Waals surface area (Å²) in [5, 5.41) is 0.